The molecule has 0 aliphatic carbocycles. The lowest BCUT2D eigenvalue weighted by Crippen LogP contribution is -2.11. The van der Waals surface area contributed by atoms with Gasteiger partial charge in [0.1, 0.15) is 24.2 Å². The Balaban J connectivity index is 1.94. The molecule has 2 aromatic carbocycles. The molecule has 210 valence electrons. The number of benzene rings is 2. The van der Waals surface area contributed by atoms with Crippen LogP contribution in [0.3, 0.4) is 0 Å². The molecule has 2 aromatic heterocycles. The molecule has 41 heavy (non-hydrogen) atoms. The van der Waals surface area contributed by atoms with Gasteiger partial charge in [-0.1, -0.05) is 23.7 Å². The molecular formula is C32H32ClN5O3. The molecule has 0 unspecified atom stereocenters. The molecule has 0 bridgehead atoms. The SMILES string of the molecule is [2H]/C(=C\C([2H])([2H])N(C)C([2H])([2H])[2H])C(=O)Cc1c(OC([2H])([2H])C)c([2H])c2nc([2H])c(C#N)c(Nc3c([2H])c([2H])c(OCc4nc(C)c([2H])c([2H])c4[2H])c(Cl)c3[2H])c2c1[2H]. The van der Waals surface area contributed by atoms with Gasteiger partial charge in [0.05, 0.1) is 50.5 Å². The molecule has 0 atom stereocenters. The fourth-order valence-corrected chi connectivity index (χ4v) is 3.53. The first-order valence-corrected chi connectivity index (χ1v) is 12.1. The number of rotatable bonds is 12. The molecule has 4 rings (SSSR count). The molecule has 0 spiro atoms. The zero-order valence-corrected chi connectivity index (χ0v) is 22.6. The third-order valence-corrected chi connectivity index (χ3v) is 5.30. The van der Waals surface area contributed by atoms with Gasteiger partial charge in [-0.3, -0.25) is 14.8 Å². The van der Waals surface area contributed by atoms with Gasteiger partial charge in [0.15, 0.2) is 5.78 Å². The van der Waals surface area contributed by atoms with Crippen molar-refractivity contribution in [1.82, 2.24) is 14.9 Å². The van der Waals surface area contributed by atoms with Crippen molar-refractivity contribution >= 4 is 39.7 Å². The number of likely N-dealkylation sites (N-methyl/N-ethyl adjacent to an activating group) is 1. The number of halogens is 1. The van der Waals surface area contributed by atoms with Crippen LogP contribution in [-0.4, -0.2) is 47.7 Å². The van der Waals surface area contributed by atoms with Gasteiger partial charge in [0.2, 0.25) is 0 Å². The summed E-state index contributed by atoms with van der Waals surface area (Å²) in [5.74, 6) is -2.49. The molecule has 8 nitrogen and oxygen atoms in total. The molecule has 0 saturated heterocycles. The van der Waals surface area contributed by atoms with E-state index in [-0.39, 0.29) is 22.3 Å². The molecule has 0 saturated carbocycles. The molecule has 1 N–H and O–H groups in total. The van der Waals surface area contributed by atoms with Crippen LogP contribution in [0.25, 0.3) is 10.9 Å². The summed E-state index contributed by atoms with van der Waals surface area (Å²) in [5, 5.41) is 11.7. The van der Waals surface area contributed by atoms with Crippen LogP contribution in [0.1, 0.15) is 52.7 Å². The minimum atomic E-state index is -2.98. The Bertz CT molecular complexity index is 2400. The number of carbonyl (C=O) groups excluding carboxylic acids is 1. The zero-order valence-electron chi connectivity index (χ0n) is 38.9. The fraction of sp³-hybridized carbons (Fsp3) is 0.250. The van der Waals surface area contributed by atoms with E-state index in [1.807, 2.05) is 0 Å². The van der Waals surface area contributed by atoms with Crippen LogP contribution >= 0.6 is 11.6 Å². The predicted octanol–water partition coefficient (Wildman–Crippen LogP) is 6.41. The van der Waals surface area contributed by atoms with Crippen LogP contribution in [0.5, 0.6) is 11.5 Å². The summed E-state index contributed by atoms with van der Waals surface area (Å²) in [6.07, 6.45) is -1.43. The van der Waals surface area contributed by atoms with Crippen molar-refractivity contribution in [2.24, 2.45) is 0 Å². The maximum atomic E-state index is 13.4. The number of aromatic nitrogens is 2. The van der Waals surface area contributed by atoms with Gasteiger partial charge in [-0.05, 0) is 70.2 Å². The maximum Gasteiger partial charge on any atom is 0.159 e. The summed E-state index contributed by atoms with van der Waals surface area (Å²) < 4.78 is 150. The van der Waals surface area contributed by atoms with E-state index in [1.54, 1.807) is 6.07 Å². The molecule has 4 aromatic rings. The smallest absolute Gasteiger partial charge is 0.159 e. The van der Waals surface area contributed by atoms with Crippen molar-refractivity contribution < 1.29 is 37.6 Å². The Morgan fingerprint density at radius 3 is 2.93 bits per heavy atom. The highest BCUT2D eigenvalue weighted by atomic mass is 35.5. The quantitative estimate of drug-likeness (QED) is 0.190. The summed E-state index contributed by atoms with van der Waals surface area (Å²) in [5.41, 5.74) is -2.83. The molecule has 0 aliphatic heterocycles. The lowest BCUT2D eigenvalue weighted by Gasteiger charge is -2.16. The first-order chi connectivity index (χ1) is 26.5. The predicted molar refractivity (Wildman–Crippen MR) is 162 cm³/mol. The van der Waals surface area contributed by atoms with Gasteiger partial charge in [0, 0.05) is 54.3 Å². The molecule has 0 aliphatic rings. The van der Waals surface area contributed by atoms with Crippen LogP contribution in [0.2, 0.25) is 5.02 Å². The standard InChI is InChI=1S/C32H32ClN5O3/c1-5-40-31-17-29-27(15-22(31)14-26(39)10-7-13-38(3)4)32(23(18-34)19-35-29)37-24-11-12-30(28(33)16-24)41-20-25-9-6-8-21(2)36-25/h6-12,15-17,19H,5,13-14,20H2,1-4H3,(H,35,37)/b10-7+/i3D3,5D2,6D,8D,9D,10D,11D,12D,13D2,15D,16D,17D,19D. The van der Waals surface area contributed by atoms with E-state index in [4.69, 9.17) is 43.0 Å². The number of fused-ring (bicyclic) bond motifs is 1. The summed E-state index contributed by atoms with van der Waals surface area (Å²) in [7, 11) is 0.894. The van der Waals surface area contributed by atoms with Crippen LogP contribution in [-0.2, 0) is 17.8 Å². The minimum absolute atomic E-state index is 0.100. The summed E-state index contributed by atoms with van der Waals surface area (Å²) in [6.45, 7) is -6.58. The van der Waals surface area contributed by atoms with Gasteiger partial charge in [-0.25, -0.2) is 0 Å². The molecule has 0 amide bonds. The Kier molecular flexibility index (Phi) is 4.84. The van der Waals surface area contributed by atoms with E-state index < -0.39 is 143 Å². The minimum Gasteiger partial charge on any atom is -0.494 e. The largest absolute Gasteiger partial charge is 0.494 e. The number of allylic oxidation sites excluding steroid dienone is 1. The van der Waals surface area contributed by atoms with Crippen LogP contribution in [0.4, 0.5) is 11.4 Å². The number of pyridine rings is 2. The lowest BCUT2D eigenvalue weighted by atomic mass is 10.0. The highest BCUT2D eigenvalue weighted by Crippen LogP contribution is 2.36. The second-order valence-electron chi connectivity index (χ2n) is 8.08. The number of hydrogen-bond donors (Lipinski definition) is 1. The average Bonchev–Trinajstić information content (AvgIpc) is 3.12. The van der Waals surface area contributed by atoms with Gasteiger partial charge < -0.3 is 19.7 Å². The summed E-state index contributed by atoms with van der Waals surface area (Å²) >= 11 is 6.45. The van der Waals surface area contributed by atoms with E-state index in [1.165, 1.54) is 6.92 Å². The molecule has 2 heterocycles. The number of ketones is 1. The summed E-state index contributed by atoms with van der Waals surface area (Å²) in [6, 6.07) is -4.28. The van der Waals surface area contributed by atoms with Gasteiger partial charge in [0.25, 0.3) is 0 Å². The number of ether oxygens (including phenoxy) is 2. The van der Waals surface area contributed by atoms with Crippen molar-refractivity contribution in [1.29, 1.82) is 5.26 Å². The Morgan fingerprint density at radius 2 is 2.15 bits per heavy atom. The van der Waals surface area contributed by atoms with Crippen LogP contribution in [0.15, 0.2) is 66.6 Å². The van der Waals surface area contributed by atoms with Gasteiger partial charge in [-0.2, -0.15) is 5.26 Å². The van der Waals surface area contributed by atoms with Gasteiger partial charge >= 0.3 is 0 Å². The van der Waals surface area contributed by atoms with Crippen molar-refractivity contribution in [2.75, 3.05) is 32.4 Å². The number of anilines is 2. The number of nitrogens with one attached hydrogen (secondary N) is 1. The van der Waals surface area contributed by atoms with Crippen molar-refractivity contribution in [3.8, 4) is 17.6 Å². The van der Waals surface area contributed by atoms with Crippen LogP contribution in [0, 0.1) is 18.3 Å². The maximum absolute atomic E-state index is 13.4. The van der Waals surface area contributed by atoms with E-state index >= 15 is 0 Å². The van der Waals surface area contributed by atoms with E-state index in [0.29, 0.717) is 6.08 Å². The number of aryl methyl sites for hydroxylation is 1. The first-order valence-electron chi connectivity index (χ1n) is 20.2. The fourth-order valence-electron chi connectivity index (χ4n) is 3.33. The highest BCUT2D eigenvalue weighted by molar-refractivity contribution is 6.32. The van der Waals surface area contributed by atoms with Crippen molar-refractivity contribution in [3.63, 3.8) is 0 Å². The normalized spacial score (nSPS) is 18.3. The lowest BCUT2D eigenvalue weighted by molar-refractivity contribution is -0.114. The van der Waals surface area contributed by atoms with Crippen molar-refractivity contribution in [3.05, 3.63) is 94.2 Å². The number of hydrogen-bond acceptors (Lipinski definition) is 8. The van der Waals surface area contributed by atoms with Gasteiger partial charge in [-0.15, -0.1) is 0 Å². The topological polar surface area (TPSA) is 100 Å². The van der Waals surface area contributed by atoms with E-state index in [2.05, 4.69) is 15.3 Å². The number of carbonyl (C=O) groups is 1. The molecule has 0 radical (unpaired) electrons. The third kappa shape index (κ3) is 7.82. The Hall–Kier alpha value is -4.45. The molecule has 9 heteroatoms. The van der Waals surface area contributed by atoms with E-state index in [0.717, 1.165) is 14.0 Å². The number of nitrogens with zero attached hydrogens (tertiary/aromatic N) is 4. The monoisotopic (exact) mass is 586 g/mol. The highest BCUT2D eigenvalue weighted by Gasteiger charge is 2.16. The third-order valence-electron chi connectivity index (χ3n) is 5.03. The van der Waals surface area contributed by atoms with Crippen molar-refractivity contribution in [2.45, 2.75) is 26.9 Å². The van der Waals surface area contributed by atoms with Crippen LogP contribution < -0.4 is 14.8 Å². The number of nitriles is 1. The second-order valence-corrected chi connectivity index (χ2v) is 8.45. The average molecular weight is 587 g/mol. The molecule has 0 fully saturated rings. The molecular weight excluding hydrogens is 538 g/mol. The Morgan fingerprint density at radius 1 is 1.29 bits per heavy atom. The Labute approximate surface area is 269 Å². The zero-order chi connectivity index (χ0) is 44.1. The first kappa shape index (κ1) is 14.4. The summed E-state index contributed by atoms with van der Waals surface area (Å²) in [4.78, 5) is 21.7. The van der Waals surface area contributed by atoms with E-state index in [9.17, 15) is 11.4 Å². The second kappa shape index (κ2) is 13.8.